The van der Waals surface area contributed by atoms with Crippen LogP contribution in [-0.4, -0.2) is 53.8 Å². The van der Waals surface area contributed by atoms with Gasteiger partial charge in [0.2, 0.25) is 5.91 Å². The molecule has 0 fully saturated rings. The predicted molar refractivity (Wildman–Crippen MR) is 179 cm³/mol. The summed E-state index contributed by atoms with van der Waals surface area (Å²) in [4.78, 5) is 45.2. The molecule has 3 aromatic carbocycles. The summed E-state index contributed by atoms with van der Waals surface area (Å²) < 4.78 is 11.1. The lowest BCUT2D eigenvalue weighted by molar-refractivity contribution is -0.145. The van der Waals surface area contributed by atoms with Gasteiger partial charge in [-0.15, -0.1) is 0 Å². The topological polar surface area (TPSA) is 144 Å². The minimum Gasteiger partial charge on any atom is -0.461 e. The summed E-state index contributed by atoms with van der Waals surface area (Å²) in [5, 5.41) is 13.4. The third-order valence-electron chi connectivity index (χ3n) is 7.91. The molecule has 3 aromatic rings. The van der Waals surface area contributed by atoms with E-state index in [9.17, 15) is 19.4 Å². The average molecular weight is 623 g/mol. The molecule has 1 atom stereocenters. The fourth-order valence-corrected chi connectivity index (χ4v) is 5.67. The summed E-state index contributed by atoms with van der Waals surface area (Å²) >= 11 is 0. The molecule has 0 saturated carbocycles. The lowest BCUT2D eigenvalue weighted by atomic mass is 9.79. The molecule has 4 N–H and O–H groups in total. The highest BCUT2D eigenvalue weighted by molar-refractivity contribution is 6.62. The molecule has 2 aliphatic heterocycles. The van der Waals surface area contributed by atoms with Crippen molar-refractivity contribution in [2.45, 2.75) is 58.7 Å². The normalized spacial score (nSPS) is 15.2. The van der Waals surface area contributed by atoms with Crippen LogP contribution in [0, 0.1) is 0 Å². The van der Waals surface area contributed by atoms with Crippen molar-refractivity contribution in [3.05, 3.63) is 94.6 Å². The summed E-state index contributed by atoms with van der Waals surface area (Å²) in [7, 11) is -1.18. The Morgan fingerprint density at radius 3 is 2.57 bits per heavy atom. The smallest absolute Gasteiger partial charge is 0.461 e. The number of ether oxygens (including phenoxy) is 1. The van der Waals surface area contributed by atoms with Crippen LogP contribution in [0.15, 0.2) is 77.3 Å². The van der Waals surface area contributed by atoms with Gasteiger partial charge in [0.25, 0.3) is 5.91 Å². The van der Waals surface area contributed by atoms with Crippen LogP contribution >= 0.6 is 0 Å². The quantitative estimate of drug-likeness (QED) is 0.197. The third kappa shape index (κ3) is 7.91. The maximum absolute atomic E-state index is 13.3. The zero-order valence-corrected chi connectivity index (χ0v) is 26.2. The predicted octanol–water partition coefficient (Wildman–Crippen LogP) is 4.65. The largest absolute Gasteiger partial charge is 0.492 e. The number of aliphatic imine (C=N–C) groups is 1. The Labute approximate surface area is 269 Å². The van der Waals surface area contributed by atoms with E-state index in [-0.39, 0.29) is 37.2 Å². The summed E-state index contributed by atoms with van der Waals surface area (Å²) in [6.45, 7) is 5.62. The van der Waals surface area contributed by atoms with Crippen molar-refractivity contribution in [1.29, 1.82) is 0 Å². The van der Waals surface area contributed by atoms with Gasteiger partial charge >= 0.3 is 13.1 Å². The molecule has 0 spiro atoms. The molecule has 0 aliphatic carbocycles. The summed E-state index contributed by atoms with van der Waals surface area (Å²) in [5.74, 6) is -0.469. The van der Waals surface area contributed by atoms with E-state index in [0.717, 1.165) is 24.0 Å². The Morgan fingerprint density at radius 2 is 1.83 bits per heavy atom. The Bertz CT molecular complexity index is 1650. The van der Waals surface area contributed by atoms with Gasteiger partial charge in [-0.25, -0.2) is 4.99 Å². The Hall–Kier alpha value is -4.74. The summed E-state index contributed by atoms with van der Waals surface area (Å²) in [5.41, 5.74) is 11.0. The van der Waals surface area contributed by atoms with Crippen molar-refractivity contribution in [2.24, 2.45) is 10.7 Å². The van der Waals surface area contributed by atoms with Crippen LogP contribution in [0.4, 0.5) is 11.4 Å². The van der Waals surface area contributed by atoms with E-state index in [1.165, 1.54) is 0 Å². The number of rotatable bonds is 12. The number of hydrogen-bond donors (Lipinski definition) is 3. The fraction of sp³-hybridized carbons (Fsp3) is 0.314. The fourth-order valence-electron chi connectivity index (χ4n) is 5.67. The van der Waals surface area contributed by atoms with Crippen molar-refractivity contribution in [3.8, 4) is 0 Å². The van der Waals surface area contributed by atoms with Gasteiger partial charge in [-0.3, -0.25) is 14.4 Å². The number of anilines is 1. The SMILES string of the molecule is CCCN(CCC)C(=O)C1=Cc2ccc(C(=O)Nc3ccc4c(c3)B(O)OC4CCC(=O)OCc3ccccc3)cc2N=C(N)C1. The zero-order chi connectivity index (χ0) is 32.6. The Balaban J connectivity index is 1.23. The van der Waals surface area contributed by atoms with Crippen molar-refractivity contribution in [3.63, 3.8) is 0 Å². The molecule has 10 nitrogen and oxygen atoms in total. The second kappa shape index (κ2) is 15.0. The first-order chi connectivity index (χ1) is 22.2. The minimum atomic E-state index is -1.18. The molecule has 0 aromatic heterocycles. The van der Waals surface area contributed by atoms with Crippen LogP contribution in [0.2, 0.25) is 0 Å². The molecule has 238 valence electrons. The lowest BCUT2D eigenvalue weighted by Gasteiger charge is -2.22. The summed E-state index contributed by atoms with van der Waals surface area (Å²) in [6, 6.07) is 19.7. The number of fused-ring (bicyclic) bond motifs is 2. The molecule has 1 unspecified atom stereocenters. The standard InChI is InChI=1S/C35H39BN4O6/c1-3-16-40(17-4-2)35(43)26-18-24-10-11-25(19-30(24)39-32(37)20-26)34(42)38-27-12-13-28-29(21-27)36(44)46-31(28)14-15-33(41)45-22-23-8-6-5-7-9-23/h5-13,18-19,21,31,44H,3-4,14-17,20,22H2,1-2H3,(H2,37,39)(H,38,42). The van der Waals surface area contributed by atoms with Crippen molar-refractivity contribution in [2.75, 3.05) is 18.4 Å². The highest BCUT2D eigenvalue weighted by Crippen LogP contribution is 2.31. The number of amidine groups is 1. The van der Waals surface area contributed by atoms with Crippen LogP contribution in [0.3, 0.4) is 0 Å². The van der Waals surface area contributed by atoms with Crippen LogP contribution in [0.1, 0.15) is 79.1 Å². The first-order valence-corrected chi connectivity index (χ1v) is 15.7. The number of nitrogens with two attached hydrogens (primary N) is 1. The second-order valence-corrected chi connectivity index (χ2v) is 11.5. The third-order valence-corrected chi connectivity index (χ3v) is 7.91. The molecule has 5 rings (SSSR count). The van der Waals surface area contributed by atoms with Crippen LogP contribution in [-0.2, 0) is 25.6 Å². The van der Waals surface area contributed by atoms with E-state index >= 15 is 0 Å². The van der Waals surface area contributed by atoms with Gasteiger partial charge in [0.1, 0.15) is 12.4 Å². The van der Waals surface area contributed by atoms with Gasteiger partial charge in [-0.1, -0.05) is 56.3 Å². The van der Waals surface area contributed by atoms with Gasteiger partial charge < -0.3 is 30.4 Å². The average Bonchev–Trinajstić information content (AvgIpc) is 3.26. The van der Waals surface area contributed by atoms with Gasteiger partial charge in [0, 0.05) is 48.3 Å². The first-order valence-electron chi connectivity index (χ1n) is 15.7. The van der Waals surface area contributed by atoms with E-state index in [0.29, 0.717) is 58.9 Å². The van der Waals surface area contributed by atoms with Crippen molar-refractivity contribution < 1.29 is 28.8 Å². The Morgan fingerprint density at radius 1 is 1.07 bits per heavy atom. The number of esters is 1. The Kier molecular flexibility index (Phi) is 10.7. The number of hydrogen-bond acceptors (Lipinski definition) is 8. The van der Waals surface area contributed by atoms with Crippen molar-refractivity contribution >= 4 is 53.7 Å². The monoisotopic (exact) mass is 622 g/mol. The number of amides is 2. The van der Waals surface area contributed by atoms with E-state index in [4.69, 9.17) is 15.1 Å². The molecule has 2 amide bonds. The van der Waals surface area contributed by atoms with Crippen LogP contribution in [0.25, 0.3) is 6.08 Å². The molecule has 0 radical (unpaired) electrons. The maximum Gasteiger partial charge on any atom is 0.492 e. The van der Waals surface area contributed by atoms with Gasteiger partial charge in [-0.2, -0.15) is 0 Å². The molecular weight excluding hydrogens is 583 g/mol. The highest BCUT2D eigenvalue weighted by Gasteiger charge is 2.35. The zero-order valence-electron chi connectivity index (χ0n) is 26.2. The molecule has 46 heavy (non-hydrogen) atoms. The van der Waals surface area contributed by atoms with E-state index in [1.807, 2.05) is 55.2 Å². The number of nitrogens with one attached hydrogen (secondary N) is 1. The number of benzene rings is 3. The molecule has 11 heteroatoms. The first kappa shape index (κ1) is 32.7. The number of nitrogens with zero attached hydrogens (tertiary/aromatic N) is 2. The van der Waals surface area contributed by atoms with E-state index in [2.05, 4.69) is 10.3 Å². The summed E-state index contributed by atoms with van der Waals surface area (Å²) in [6.07, 6.45) is 3.76. The minimum absolute atomic E-state index is 0.0514. The van der Waals surface area contributed by atoms with Crippen LogP contribution < -0.4 is 16.5 Å². The van der Waals surface area contributed by atoms with Crippen LogP contribution in [0.5, 0.6) is 0 Å². The van der Waals surface area contributed by atoms with E-state index < -0.39 is 13.2 Å². The number of carbonyl (C=O) groups is 3. The molecule has 2 heterocycles. The molecule has 2 aliphatic rings. The maximum atomic E-state index is 13.3. The molecule has 0 bridgehead atoms. The van der Waals surface area contributed by atoms with E-state index in [1.54, 1.807) is 36.4 Å². The lowest BCUT2D eigenvalue weighted by Crippen LogP contribution is -2.34. The highest BCUT2D eigenvalue weighted by atomic mass is 16.5. The van der Waals surface area contributed by atoms with Gasteiger partial charge in [-0.05, 0) is 66.2 Å². The van der Waals surface area contributed by atoms with Gasteiger partial charge in [0.05, 0.1) is 11.8 Å². The molecule has 0 saturated heterocycles. The molecular formula is C35H39BN4O6. The van der Waals surface area contributed by atoms with Crippen molar-refractivity contribution in [1.82, 2.24) is 4.90 Å². The second-order valence-electron chi connectivity index (χ2n) is 11.5. The number of carbonyl (C=O) groups excluding carboxylic acids is 3. The van der Waals surface area contributed by atoms with Gasteiger partial charge in [0.15, 0.2) is 0 Å².